The van der Waals surface area contributed by atoms with E-state index < -0.39 is 0 Å². The van der Waals surface area contributed by atoms with Crippen molar-refractivity contribution in [2.75, 3.05) is 7.11 Å². The summed E-state index contributed by atoms with van der Waals surface area (Å²) in [4.78, 5) is 36.3. The number of methoxy groups -OCH3 is 1. The van der Waals surface area contributed by atoms with Crippen LogP contribution in [0.4, 0.5) is 0 Å². The van der Waals surface area contributed by atoms with Gasteiger partial charge in [0.1, 0.15) is 5.75 Å². The Kier molecular flexibility index (Phi) is 23.9. The van der Waals surface area contributed by atoms with Crippen LogP contribution in [0.15, 0.2) is 67.3 Å². The molecule has 3 aromatic rings. The largest absolute Gasteiger partial charge is 0.497 e. The molecule has 0 aliphatic carbocycles. The predicted molar refractivity (Wildman–Crippen MR) is 197 cm³/mol. The van der Waals surface area contributed by atoms with E-state index in [1.165, 1.54) is 0 Å². The van der Waals surface area contributed by atoms with Crippen LogP contribution >= 0.6 is 0 Å². The first-order chi connectivity index (χ1) is 23.6. The van der Waals surface area contributed by atoms with Crippen molar-refractivity contribution in [1.29, 1.82) is 5.53 Å². The van der Waals surface area contributed by atoms with Gasteiger partial charge in [0.2, 0.25) is 0 Å². The van der Waals surface area contributed by atoms with E-state index in [0.717, 1.165) is 22.4 Å². The molecule has 1 aromatic carbocycles. The fourth-order valence-corrected chi connectivity index (χ4v) is 2.79. The van der Waals surface area contributed by atoms with E-state index in [4.69, 9.17) is 32.2 Å². The average molecular weight is 639 g/mol. The number of aromatic nitrogens is 2. The molecule has 1 amide bonds. The van der Waals surface area contributed by atoms with Crippen LogP contribution in [-0.4, -0.2) is 23.0 Å². The zero-order valence-corrected chi connectivity index (χ0v) is 25.6. The summed E-state index contributed by atoms with van der Waals surface area (Å²) in [5, 5.41) is 2.90. The van der Waals surface area contributed by atoms with Crippen LogP contribution in [-0.2, 0) is 6.54 Å². The lowest BCUT2D eigenvalue weighted by Crippen LogP contribution is -2.22. The molecular weight excluding hydrogens is 604 g/mol. The Balaban J connectivity index is -0.000000135. The van der Waals surface area contributed by atoms with Crippen molar-refractivity contribution in [3.63, 3.8) is 0 Å². The van der Waals surface area contributed by atoms with Gasteiger partial charge in [-0.1, -0.05) is 24.1 Å². The number of amides is 1. The van der Waals surface area contributed by atoms with Crippen LogP contribution in [0.1, 0.15) is 31.4 Å². The summed E-state index contributed by atoms with van der Waals surface area (Å²) < 4.78 is 5.12. The molecule has 10 heteroatoms. The molecule has 0 saturated heterocycles. The summed E-state index contributed by atoms with van der Waals surface area (Å²) in [5.41, 5.74) is 15.6. The molecule has 2 aromatic heterocycles. The molecule has 0 unspecified atom stereocenters. The van der Waals surface area contributed by atoms with E-state index in [2.05, 4.69) is 116 Å². The predicted octanol–water partition coefficient (Wildman–Crippen LogP) is 6.17. The lowest BCUT2D eigenvalue weighted by Gasteiger charge is -2.07. The summed E-state index contributed by atoms with van der Waals surface area (Å²) in [5.74, 6) is 42.5. The van der Waals surface area contributed by atoms with Crippen molar-refractivity contribution in [2.24, 2.45) is 0 Å². The number of rotatable bonds is 5. The van der Waals surface area contributed by atoms with Gasteiger partial charge in [-0.15, -0.1) is 12.0 Å². The fourth-order valence-electron chi connectivity index (χ4n) is 2.79. The number of terminal acetylenes is 1. The summed E-state index contributed by atoms with van der Waals surface area (Å²) in [6.45, 7) is 2.14. The monoisotopic (exact) mass is 638 g/mol. The molecule has 240 valence electrons. The zero-order valence-electron chi connectivity index (χ0n) is 25.6. The Labute approximate surface area is 288 Å². The first-order valence-corrected chi connectivity index (χ1v) is 12.9. The summed E-state index contributed by atoms with van der Waals surface area (Å²) in [6, 6.07) is 13.2. The number of carbonyl (C=O) groups is 1. The lowest BCUT2D eigenvalue weighted by molar-refractivity contribution is 0.0950. The second kappa shape index (κ2) is 28.8. The summed E-state index contributed by atoms with van der Waals surface area (Å²) in [7, 11) is 1.62. The minimum absolute atomic E-state index is 0. The highest BCUT2D eigenvalue weighted by molar-refractivity contribution is 5.95. The lowest BCUT2D eigenvalue weighted by atomic mass is 10.1. The molecule has 0 saturated carbocycles. The van der Waals surface area contributed by atoms with Gasteiger partial charge in [0.25, 0.3) is 5.91 Å². The number of carbonyl (C=O) groups excluding carboxylic acids is 1. The molecule has 0 spiro atoms. The van der Waals surface area contributed by atoms with Gasteiger partial charge in [0, 0.05) is 60.9 Å². The van der Waals surface area contributed by atoms with Gasteiger partial charge in [-0.3, -0.25) is 14.8 Å². The third kappa shape index (κ3) is 19.8. The second-order valence-corrected chi connectivity index (χ2v) is 7.60. The molecule has 0 atom stereocenters. The van der Waals surface area contributed by atoms with E-state index in [1.54, 1.807) is 43.7 Å². The number of benzene rings is 1. The number of nitrogens with one attached hydrogen (secondary N) is 2. The molecule has 10 nitrogen and oxygen atoms in total. The quantitative estimate of drug-likeness (QED) is 0.147. The summed E-state index contributed by atoms with van der Waals surface area (Å²) >= 11 is 0. The van der Waals surface area contributed by atoms with Crippen LogP contribution in [0.3, 0.4) is 0 Å². The molecule has 48 heavy (non-hydrogen) atoms. The van der Waals surface area contributed by atoms with E-state index in [-0.39, 0.29) is 14.5 Å². The van der Waals surface area contributed by atoms with Crippen molar-refractivity contribution in [3.8, 4) is 124 Å². The van der Waals surface area contributed by atoms with Crippen molar-refractivity contribution < 1.29 is 18.1 Å². The van der Waals surface area contributed by atoms with Crippen LogP contribution in [0.2, 0.25) is 0 Å². The Hall–Kier alpha value is -8.26. The minimum Gasteiger partial charge on any atom is -0.497 e. The highest BCUT2D eigenvalue weighted by Crippen LogP contribution is 2.18. The second-order valence-electron chi connectivity index (χ2n) is 7.60. The number of hydrogen-bond donors (Lipinski definition) is 2. The molecule has 0 fully saturated rings. The third-order valence-corrected chi connectivity index (χ3v) is 4.68. The molecule has 2 N–H and O–H groups in total. The number of nitrogens with zero attached hydrogens (tertiary/aromatic N) is 4. The highest BCUT2D eigenvalue weighted by atomic mass is 16.7. The normalized spacial score (nSPS) is 6.85. The number of ether oxygens (including phenoxy) is 1. The fraction of sp³-hybridized carbons (Fsp3) is 0.0789. The van der Waals surface area contributed by atoms with Gasteiger partial charge < -0.3 is 10.1 Å². The van der Waals surface area contributed by atoms with Gasteiger partial charge in [-0.25, -0.2) is 0 Å². The van der Waals surface area contributed by atoms with Crippen LogP contribution in [0.25, 0.3) is 21.6 Å². The molecular formula is C38H34N6O4. The maximum atomic E-state index is 12.3. The molecule has 3 rings (SSSR count). The molecule has 0 bridgehead atoms. The van der Waals surface area contributed by atoms with Crippen molar-refractivity contribution in [3.05, 3.63) is 98.8 Å². The maximum absolute atomic E-state index is 12.3. The smallest absolute Gasteiger partial charge is 0.253 e. The van der Waals surface area contributed by atoms with E-state index in [9.17, 15) is 4.79 Å². The first-order valence-electron chi connectivity index (χ1n) is 12.9. The number of hydrogen-bond acceptors (Lipinski definition) is 7. The van der Waals surface area contributed by atoms with Crippen LogP contribution in [0.5, 0.6) is 5.75 Å². The molecule has 0 radical (unpaired) electrons. The van der Waals surface area contributed by atoms with Crippen LogP contribution < -0.4 is 10.1 Å². The first kappa shape index (κ1) is 39.7. The Bertz CT molecular complexity index is 2130. The Morgan fingerprint density at radius 3 is 1.79 bits per heavy atom. The van der Waals surface area contributed by atoms with Crippen LogP contribution in [0, 0.1) is 123 Å². The van der Waals surface area contributed by atoms with Crippen molar-refractivity contribution >= 4 is 5.91 Å². The van der Waals surface area contributed by atoms with E-state index >= 15 is 0 Å². The molecule has 0 aliphatic rings. The standard InChI is InChI=1S/C19H17N3O2.C19H4.HN3.O2.6H2/c1-24-18-6-4-14(5-7-18)10-22-19(23)17-9-16(12-21-13-17)15-3-2-8-20-11-15;1-3-5-7-9-11-13-15-17-19-18-16-14-12-10-8-6-4-2;1-3-2;1-2;;;;;;/h2-9,11-13H,10H2,1H3,(H,22,23);1H,2H3;1H;;6*1H. The van der Waals surface area contributed by atoms with Gasteiger partial charge >= 0.3 is 0 Å². The number of pyridine rings is 2. The summed E-state index contributed by atoms with van der Waals surface area (Å²) in [6.07, 6.45) is 11.6. The highest BCUT2D eigenvalue weighted by Gasteiger charge is 2.08. The van der Waals surface area contributed by atoms with E-state index in [0.29, 0.717) is 12.1 Å². The van der Waals surface area contributed by atoms with Crippen molar-refractivity contribution in [1.82, 2.24) is 15.3 Å². The Morgan fingerprint density at radius 2 is 1.33 bits per heavy atom. The molecule has 2 heterocycles. The van der Waals surface area contributed by atoms with E-state index in [1.807, 2.05) is 42.5 Å². The Morgan fingerprint density at radius 1 is 0.833 bits per heavy atom. The van der Waals surface area contributed by atoms with Gasteiger partial charge in [-0.2, -0.15) is 0 Å². The third-order valence-electron chi connectivity index (χ3n) is 4.68. The van der Waals surface area contributed by atoms with Gasteiger partial charge in [-0.05, 0) is 142 Å². The maximum Gasteiger partial charge on any atom is 0.253 e. The topological polar surface area (TPSA) is 158 Å². The zero-order chi connectivity index (χ0) is 35.5. The van der Waals surface area contributed by atoms with Gasteiger partial charge in [0.05, 0.1) is 12.7 Å². The average Bonchev–Trinajstić information content (AvgIpc) is 3.14. The van der Waals surface area contributed by atoms with Crippen molar-refractivity contribution in [2.45, 2.75) is 13.5 Å². The molecule has 0 aliphatic heterocycles. The minimum atomic E-state index is -0.163. The SMILES string of the molecule is C#CC#CC#CC#CC#CC#CC#CC#CC#CC.COc1ccc(CNC(=O)c2cncc(-c3cccnc3)c2)cc1.O=O.[HH].[HH].[HH].[HH].[HH].[HH].[N-]=[N+]=N. The van der Waals surface area contributed by atoms with Gasteiger partial charge in [0.15, 0.2) is 0 Å².